The number of thiocarbonyl (C=S) groups is 1. The number of rotatable bonds is 14. The zero-order valence-electron chi connectivity index (χ0n) is 19.8. The summed E-state index contributed by atoms with van der Waals surface area (Å²) in [5.74, 6) is 0. The van der Waals surface area contributed by atoms with Gasteiger partial charge in [0.05, 0.1) is 0 Å². The number of nitrogens with zero attached hydrogens (tertiary/aromatic N) is 3. The van der Waals surface area contributed by atoms with Crippen molar-refractivity contribution in [2.75, 3.05) is 60.4 Å². The molecule has 0 aromatic rings. The number of nitrogens with one attached hydrogen (secondary N) is 2. The van der Waals surface area contributed by atoms with Gasteiger partial charge in [-0.2, -0.15) is 0 Å². The Balaban J connectivity index is 0. The lowest BCUT2D eigenvalue weighted by Gasteiger charge is -2.27. The van der Waals surface area contributed by atoms with E-state index in [2.05, 4.69) is 67.1 Å². The molecule has 0 amide bonds. The first-order chi connectivity index (χ1) is 12.8. The Bertz CT molecular complexity index is 317. The smallest absolute Gasteiger partial charge is 0.166 e. The summed E-state index contributed by atoms with van der Waals surface area (Å²) in [5.41, 5.74) is 0. The van der Waals surface area contributed by atoms with Gasteiger partial charge in [-0.05, 0) is 106 Å². The van der Waals surface area contributed by atoms with Crippen LogP contribution in [0.15, 0.2) is 0 Å². The molecule has 0 aromatic carbocycles. The summed E-state index contributed by atoms with van der Waals surface area (Å²) in [6, 6.07) is 1.25. The van der Waals surface area contributed by atoms with Gasteiger partial charge in [0, 0.05) is 25.7 Å². The fraction of sp³-hybridized carbons (Fsp3) is 0.952. The van der Waals surface area contributed by atoms with Crippen LogP contribution >= 0.6 is 12.2 Å². The molecule has 0 aliphatic carbocycles. The Morgan fingerprint density at radius 2 is 1.19 bits per heavy atom. The normalized spacial score (nSPS) is 11.3. The van der Waals surface area contributed by atoms with E-state index in [0.29, 0.717) is 12.1 Å². The summed E-state index contributed by atoms with van der Waals surface area (Å²) >= 11 is 5.13. The third kappa shape index (κ3) is 17.4. The maximum absolute atomic E-state index is 5.13. The van der Waals surface area contributed by atoms with Crippen LogP contribution in [0, 0.1) is 0 Å². The molecule has 27 heavy (non-hydrogen) atoms. The van der Waals surface area contributed by atoms with Crippen molar-refractivity contribution in [3.8, 4) is 0 Å². The van der Waals surface area contributed by atoms with Crippen molar-refractivity contribution in [2.45, 2.75) is 72.9 Å². The Morgan fingerprint density at radius 1 is 0.778 bits per heavy atom. The molecule has 0 unspecified atom stereocenters. The van der Waals surface area contributed by atoms with Crippen LogP contribution in [-0.2, 0) is 0 Å². The maximum Gasteiger partial charge on any atom is 0.166 e. The number of hydrogen-bond donors (Lipinski definition) is 2. The quantitative estimate of drug-likeness (QED) is 0.342. The van der Waals surface area contributed by atoms with Gasteiger partial charge >= 0.3 is 0 Å². The molecule has 164 valence electrons. The highest BCUT2D eigenvalue weighted by molar-refractivity contribution is 7.80. The van der Waals surface area contributed by atoms with Crippen LogP contribution in [0.5, 0.6) is 0 Å². The van der Waals surface area contributed by atoms with E-state index in [9.17, 15) is 0 Å². The second kappa shape index (κ2) is 18.9. The molecule has 0 aromatic heterocycles. The molecule has 0 fully saturated rings. The molecule has 6 heteroatoms. The van der Waals surface area contributed by atoms with Crippen LogP contribution < -0.4 is 10.6 Å². The first kappa shape index (κ1) is 28.8. The first-order valence-electron chi connectivity index (χ1n) is 10.9. The minimum atomic E-state index is 0.625. The van der Waals surface area contributed by atoms with Crippen molar-refractivity contribution in [1.29, 1.82) is 0 Å². The highest BCUT2D eigenvalue weighted by Gasteiger charge is 2.09. The summed E-state index contributed by atoms with van der Waals surface area (Å²) in [7, 11) is 6.29. The van der Waals surface area contributed by atoms with E-state index in [1.54, 1.807) is 0 Å². The summed E-state index contributed by atoms with van der Waals surface area (Å²) in [6.45, 7) is 19.8. The van der Waals surface area contributed by atoms with Crippen molar-refractivity contribution in [2.24, 2.45) is 0 Å². The van der Waals surface area contributed by atoms with E-state index in [1.807, 2.05) is 20.9 Å². The standard InChI is InChI=1S/C19H43N5S.C2H6/c1-17(2)22(6)12-9-15-24(14-8-11-21-19(25)20-5)16-10-13-23(7)18(3)4;1-2/h17-18H,8-16H2,1-7H3,(H2,20,21,25);1-2H3. The molecular formula is C21H49N5S. The Morgan fingerprint density at radius 3 is 1.56 bits per heavy atom. The largest absolute Gasteiger partial charge is 0.366 e. The molecular weight excluding hydrogens is 354 g/mol. The van der Waals surface area contributed by atoms with Gasteiger partial charge in [0.2, 0.25) is 0 Å². The molecule has 0 aliphatic rings. The predicted molar refractivity (Wildman–Crippen MR) is 127 cm³/mol. The SMILES string of the molecule is CC.CNC(=S)NCCCN(CCCN(C)C(C)C)CCCN(C)C(C)C. The van der Waals surface area contributed by atoms with Gasteiger partial charge in [-0.3, -0.25) is 0 Å². The molecule has 0 spiro atoms. The lowest BCUT2D eigenvalue weighted by atomic mass is 10.2. The molecule has 5 nitrogen and oxygen atoms in total. The van der Waals surface area contributed by atoms with Crippen molar-refractivity contribution in [1.82, 2.24) is 25.3 Å². The average Bonchev–Trinajstić information content (AvgIpc) is 2.65. The molecule has 0 atom stereocenters. The van der Waals surface area contributed by atoms with Crippen LogP contribution in [0.1, 0.15) is 60.8 Å². The average molecular weight is 404 g/mol. The fourth-order valence-corrected chi connectivity index (χ4v) is 2.63. The summed E-state index contributed by atoms with van der Waals surface area (Å²) in [5, 5.41) is 6.95. The molecule has 0 rings (SSSR count). The maximum atomic E-state index is 5.13. The van der Waals surface area contributed by atoms with E-state index in [1.165, 1.54) is 39.0 Å². The summed E-state index contributed by atoms with van der Waals surface area (Å²) < 4.78 is 0. The topological polar surface area (TPSA) is 33.8 Å². The van der Waals surface area contributed by atoms with Crippen LogP contribution in [-0.4, -0.2) is 92.3 Å². The first-order valence-corrected chi connectivity index (χ1v) is 11.3. The van der Waals surface area contributed by atoms with Crippen molar-refractivity contribution >= 4 is 17.3 Å². The Labute approximate surface area is 176 Å². The zero-order chi connectivity index (χ0) is 21.2. The van der Waals surface area contributed by atoms with Crippen molar-refractivity contribution < 1.29 is 0 Å². The third-order valence-corrected chi connectivity index (χ3v) is 5.25. The van der Waals surface area contributed by atoms with Gasteiger partial charge in [0.1, 0.15) is 0 Å². The fourth-order valence-electron chi connectivity index (χ4n) is 2.53. The summed E-state index contributed by atoms with van der Waals surface area (Å²) in [6.07, 6.45) is 3.59. The second-order valence-electron chi connectivity index (χ2n) is 7.56. The van der Waals surface area contributed by atoms with E-state index in [-0.39, 0.29) is 0 Å². The van der Waals surface area contributed by atoms with Gasteiger partial charge in [0.25, 0.3) is 0 Å². The Kier molecular flexibility index (Phi) is 20.2. The van der Waals surface area contributed by atoms with Gasteiger partial charge < -0.3 is 25.3 Å². The predicted octanol–water partition coefficient (Wildman–Crippen LogP) is 3.26. The van der Waals surface area contributed by atoms with Crippen molar-refractivity contribution in [3.05, 3.63) is 0 Å². The minimum absolute atomic E-state index is 0.625. The van der Waals surface area contributed by atoms with Crippen LogP contribution in [0.4, 0.5) is 0 Å². The summed E-state index contributed by atoms with van der Waals surface area (Å²) in [4.78, 5) is 7.47. The Hall–Kier alpha value is -0.430. The second-order valence-corrected chi connectivity index (χ2v) is 7.97. The third-order valence-electron chi connectivity index (χ3n) is 4.90. The van der Waals surface area contributed by atoms with E-state index >= 15 is 0 Å². The van der Waals surface area contributed by atoms with Gasteiger partial charge in [-0.25, -0.2) is 0 Å². The molecule has 0 radical (unpaired) electrons. The number of hydrogen-bond acceptors (Lipinski definition) is 4. The van der Waals surface area contributed by atoms with Crippen LogP contribution in [0.2, 0.25) is 0 Å². The highest BCUT2D eigenvalue weighted by Crippen LogP contribution is 2.02. The van der Waals surface area contributed by atoms with Gasteiger partial charge in [0.15, 0.2) is 5.11 Å². The van der Waals surface area contributed by atoms with Gasteiger partial charge in [-0.15, -0.1) is 0 Å². The van der Waals surface area contributed by atoms with Crippen LogP contribution in [0.25, 0.3) is 0 Å². The molecule has 0 aliphatic heterocycles. The molecule has 0 bridgehead atoms. The molecule has 0 saturated heterocycles. The zero-order valence-corrected chi connectivity index (χ0v) is 20.6. The lowest BCUT2D eigenvalue weighted by molar-refractivity contribution is 0.206. The van der Waals surface area contributed by atoms with Crippen molar-refractivity contribution in [3.63, 3.8) is 0 Å². The van der Waals surface area contributed by atoms with E-state index in [0.717, 1.165) is 24.6 Å². The monoisotopic (exact) mass is 403 g/mol. The van der Waals surface area contributed by atoms with Crippen LogP contribution in [0.3, 0.4) is 0 Å². The highest BCUT2D eigenvalue weighted by atomic mass is 32.1. The molecule has 0 saturated carbocycles. The van der Waals surface area contributed by atoms with E-state index < -0.39 is 0 Å². The van der Waals surface area contributed by atoms with Gasteiger partial charge in [-0.1, -0.05) is 13.8 Å². The lowest BCUT2D eigenvalue weighted by Crippen LogP contribution is -2.37. The molecule has 2 N–H and O–H groups in total. The van der Waals surface area contributed by atoms with E-state index in [4.69, 9.17) is 12.2 Å². The minimum Gasteiger partial charge on any atom is -0.366 e. The molecule has 0 heterocycles.